The second kappa shape index (κ2) is 6.74. The normalized spacial score (nSPS) is 21.0. The number of pyridine rings is 1. The molecule has 7 heteroatoms. The van der Waals surface area contributed by atoms with E-state index in [1.54, 1.807) is 17.7 Å². The van der Waals surface area contributed by atoms with Crippen molar-refractivity contribution >= 4 is 11.8 Å². The van der Waals surface area contributed by atoms with Gasteiger partial charge in [0.05, 0.1) is 0 Å². The van der Waals surface area contributed by atoms with Crippen LogP contribution in [0.15, 0.2) is 23.0 Å². The van der Waals surface area contributed by atoms with Crippen molar-refractivity contribution in [3.05, 3.63) is 34.2 Å². The Morgan fingerprint density at radius 3 is 2.77 bits per heavy atom. The number of nitrogens with one attached hydrogen (secondary N) is 1. The van der Waals surface area contributed by atoms with Crippen LogP contribution in [0, 0.1) is 6.92 Å². The van der Waals surface area contributed by atoms with E-state index in [-0.39, 0.29) is 29.8 Å². The molecular formula is C15H22N4O3. The minimum atomic E-state index is -0.513. The Labute approximate surface area is 129 Å². The number of nitrogens with two attached hydrogens (primary N) is 1. The molecule has 2 amide bonds. The van der Waals surface area contributed by atoms with E-state index in [4.69, 9.17) is 5.73 Å². The van der Waals surface area contributed by atoms with Crippen LogP contribution in [-0.4, -0.2) is 47.0 Å². The van der Waals surface area contributed by atoms with Crippen LogP contribution in [0.1, 0.15) is 18.5 Å². The van der Waals surface area contributed by atoms with E-state index in [1.807, 2.05) is 13.0 Å². The van der Waals surface area contributed by atoms with Crippen LogP contribution in [-0.2, 0) is 16.1 Å². The molecule has 1 saturated heterocycles. The Kier molecular flexibility index (Phi) is 4.97. The first kappa shape index (κ1) is 16.2. The van der Waals surface area contributed by atoms with Crippen molar-refractivity contribution in [2.75, 3.05) is 13.6 Å². The van der Waals surface area contributed by atoms with Gasteiger partial charge in [0.2, 0.25) is 11.8 Å². The summed E-state index contributed by atoms with van der Waals surface area (Å²) >= 11 is 0. The standard InChI is InChI=1S/C15H22N4O3/c1-10-4-3-5-13(20)18(10)7-6-14(21)19-9-11(16)8-12(19)15(22)17-2/h3-5,11-12H,6-9,16H2,1-2H3,(H,17,22)/t11-,12+/m1/s1. The zero-order chi connectivity index (χ0) is 16.3. The molecule has 0 radical (unpaired) electrons. The highest BCUT2D eigenvalue weighted by Gasteiger charge is 2.37. The van der Waals surface area contributed by atoms with Crippen molar-refractivity contribution in [2.24, 2.45) is 5.73 Å². The number of amides is 2. The highest BCUT2D eigenvalue weighted by Crippen LogP contribution is 2.18. The molecule has 0 bridgehead atoms. The number of nitrogens with zero attached hydrogens (tertiary/aromatic N) is 2. The molecule has 0 spiro atoms. The van der Waals surface area contributed by atoms with Crippen LogP contribution in [0.3, 0.4) is 0 Å². The van der Waals surface area contributed by atoms with Gasteiger partial charge in [0, 0.05) is 44.4 Å². The number of likely N-dealkylation sites (tertiary alicyclic amines) is 1. The maximum atomic E-state index is 12.4. The summed E-state index contributed by atoms with van der Waals surface area (Å²) < 4.78 is 1.56. The average Bonchev–Trinajstić information content (AvgIpc) is 2.87. The summed E-state index contributed by atoms with van der Waals surface area (Å²) in [6.45, 7) is 2.50. The number of hydrogen-bond acceptors (Lipinski definition) is 4. The van der Waals surface area contributed by atoms with Crippen molar-refractivity contribution < 1.29 is 9.59 Å². The van der Waals surface area contributed by atoms with Gasteiger partial charge in [0.25, 0.3) is 5.56 Å². The summed E-state index contributed by atoms with van der Waals surface area (Å²) in [6, 6.07) is 4.28. The predicted octanol–water partition coefficient (Wildman–Crippen LogP) is -0.779. The lowest BCUT2D eigenvalue weighted by molar-refractivity contribution is -0.138. The summed E-state index contributed by atoms with van der Waals surface area (Å²) in [5, 5.41) is 2.56. The van der Waals surface area contributed by atoms with Gasteiger partial charge in [0.1, 0.15) is 6.04 Å². The molecule has 2 heterocycles. The summed E-state index contributed by atoms with van der Waals surface area (Å²) in [5.74, 6) is -0.355. The molecule has 1 aromatic heterocycles. The Morgan fingerprint density at radius 2 is 2.14 bits per heavy atom. The van der Waals surface area contributed by atoms with Crippen molar-refractivity contribution in [1.82, 2.24) is 14.8 Å². The van der Waals surface area contributed by atoms with Crippen LogP contribution in [0.4, 0.5) is 0 Å². The van der Waals surface area contributed by atoms with E-state index in [0.717, 1.165) is 5.69 Å². The van der Waals surface area contributed by atoms with E-state index in [9.17, 15) is 14.4 Å². The van der Waals surface area contributed by atoms with E-state index in [0.29, 0.717) is 19.5 Å². The van der Waals surface area contributed by atoms with Crippen LogP contribution in [0.25, 0.3) is 0 Å². The Bertz CT molecular complexity index is 625. The summed E-state index contributed by atoms with van der Waals surface area (Å²) in [7, 11) is 1.54. The molecule has 1 aliphatic heterocycles. The first-order chi connectivity index (χ1) is 10.4. The van der Waals surface area contributed by atoms with E-state index in [2.05, 4.69) is 5.32 Å². The number of aromatic nitrogens is 1. The van der Waals surface area contributed by atoms with Crippen LogP contribution < -0.4 is 16.6 Å². The molecule has 2 rings (SSSR count). The Hall–Kier alpha value is -2.15. The third kappa shape index (κ3) is 3.36. The fourth-order valence-electron chi connectivity index (χ4n) is 2.82. The van der Waals surface area contributed by atoms with Crippen molar-refractivity contribution in [3.63, 3.8) is 0 Å². The van der Waals surface area contributed by atoms with E-state index < -0.39 is 6.04 Å². The van der Waals surface area contributed by atoms with Crippen LogP contribution >= 0.6 is 0 Å². The van der Waals surface area contributed by atoms with Gasteiger partial charge in [-0.15, -0.1) is 0 Å². The highest BCUT2D eigenvalue weighted by atomic mass is 16.2. The smallest absolute Gasteiger partial charge is 0.250 e. The van der Waals surface area contributed by atoms with Gasteiger partial charge in [-0.05, 0) is 19.4 Å². The molecule has 22 heavy (non-hydrogen) atoms. The number of carbonyl (C=O) groups excluding carboxylic acids is 2. The minimum absolute atomic E-state index is 0.131. The third-order valence-electron chi connectivity index (χ3n) is 4.02. The molecule has 2 atom stereocenters. The second-order valence-electron chi connectivity index (χ2n) is 5.58. The molecule has 3 N–H and O–H groups in total. The third-order valence-corrected chi connectivity index (χ3v) is 4.02. The second-order valence-corrected chi connectivity index (χ2v) is 5.58. The quantitative estimate of drug-likeness (QED) is 0.762. The fraction of sp³-hybridized carbons (Fsp3) is 0.533. The molecule has 1 aliphatic rings. The van der Waals surface area contributed by atoms with Gasteiger partial charge < -0.3 is 20.5 Å². The van der Waals surface area contributed by atoms with Crippen molar-refractivity contribution in [1.29, 1.82) is 0 Å². The van der Waals surface area contributed by atoms with Gasteiger partial charge >= 0.3 is 0 Å². The molecule has 0 saturated carbocycles. The number of carbonyl (C=O) groups is 2. The number of aryl methyl sites for hydroxylation is 1. The van der Waals surface area contributed by atoms with Crippen LogP contribution in [0.2, 0.25) is 0 Å². The molecule has 7 nitrogen and oxygen atoms in total. The topological polar surface area (TPSA) is 97.4 Å². The van der Waals surface area contributed by atoms with Gasteiger partial charge in [-0.25, -0.2) is 0 Å². The molecule has 1 fully saturated rings. The highest BCUT2D eigenvalue weighted by molar-refractivity contribution is 5.88. The van der Waals surface area contributed by atoms with E-state index in [1.165, 1.54) is 11.0 Å². The largest absolute Gasteiger partial charge is 0.357 e. The molecule has 0 aromatic carbocycles. The first-order valence-electron chi connectivity index (χ1n) is 7.37. The monoisotopic (exact) mass is 306 g/mol. The maximum absolute atomic E-state index is 12.4. The van der Waals surface area contributed by atoms with E-state index >= 15 is 0 Å². The summed E-state index contributed by atoms with van der Waals surface area (Å²) in [4.78, 5) is 37.6. The maximum Gasteiger partial charge on any atom is 0.250 e. The Balaban J connectivity index is 2.05. The zero-order valence-corrected chi connectivity index (χ0v) is 12.9. The van der Waals surface area contributed by atoms with Gasteiger partial charge in [-0.3, -0.25) is 14.4 Å². The SMILES string of the molecule is CNC(=O)[C@@H]1C[C@@H](N)CN1C(=O)CCn1c(C)cccc1=O. The lowest BCUT2D eigenvalue weighted by Gasteiger charge is -2.23. The molecular weight excluding hydrogens is 284 g/mol. The number of likely N-dealkylation sites (N-methyl/N-ethyl adjacent to an activating group) is 1. The average molecular weight is 306 g/mol. The van der Waals surface area contributed by atoms with Crippen molar-refractivity contribution in [3.8, 4) is 0 Å². The summed E-state index contributed by atoms with van der Waals surface area (Å²) in [6.07, 6.45) is 0.640. The number of rotatable bonds is 4. The molecule has 120 valence electrons. The molecule has 1 aromatic rings. The lowest BCUT2D eigenvalue weighted by atomic mass is 10.1. The zero-order valence-electron chi connectivity index (χ0n) is 12.9. The van der Waals surface area contributed by atoms with Crippen molar-refractivity contribution in [2.45, 2.75) is 38.4 Å². The summed E-state index contributed by atoms with van der Waals surface area (Å²) in [5.41, 5.74) is 6.55. The lowest BCUT2D eigenvalue weighted by Crippen LogP contribution is -2.45. The minimum Gasteiger partial charge on any atom is -0.357 e. The number of hydrogen-bond donors (Lipinski definition) is 2. The fourth-order valence-corrected chi connectivity index (χ4v) is 2.82. The predicted molar refractivity (Wildman–Crippen MR) is 82.2 cm³/mol. The Morgan fingerprint density at radius 1 is 1.41 bits per heavy atom. The van der Waals surface area contributed by atoms with Gasteiger partial charge in [-0.2, -0.15) is 0 Å². The van der Waals surface area contributed by atoms with Crippen LogP contribution in [0.5, 0.6) is 0 Å². The van der Waals surface area contributed by atoms with Gasteiger partial charge in [0.15, 0.2) is 0 Å². The van der Waals surface area contributed by atoms with Gasteiger partial charge in [-0.1, -0.05) is 6.07 Å². The molecule has 0 aliphatic carbocycles. The first-order valence-corrected chi connectivity index (χ1v) is 7.37. The molecule has 0 unspecified atom stereocenters.